The number of ether oxygens (including phenoxy) is 1. The average Bonchev–Trinajstić information content (AvgIpc) is 3.07. The van der Waals surface area contributed by atoms with E-state index in [4.69, 9.17) is 16.3 Å². The second-order valence-corrected chi connectivity index (χ2v) is 6.94. The van der Waals surface area contributed by atoms with Gasteiger partial charge in [-0.3, -0.25) is 4.79 Å². The minimum Gasteiger partial charge on any atom is -0.490 e. The number of nitrogens with one attached hydrogen (secondary N) is 3. The Labute approximate surface area is 167 Å². The van der Waals surface area contributed by atoms with Gasteiger partial charge in [0.2, 0.25) is 0 Å². The van der Waals surface area contributed by atoms with Crippen LogP contribution in [-0.4, -0.2) is 23.1 Å². The molecule has 0 spiro atoms. The number of halogens is 1. The third-order valence-electron chi connectivity index (χ3n) is 4.91. The topological polar surface area (TPSA) is 69.9 Å². The minimum atomic E-state index is -0.106. The van der Waals surface area contributed by atoms with Crippen LogP contribution in [0.3, 0.4) is 0 Å². The highest BCUT2D eigenvalue weighted by atomic mass is 35.5. The van der Waals surface area contributed by atoms with Crippen molar-refractivity contribution in [3.05, 3.63) is 57.3 Å². The fourth-order valence-electron chi connectivity index (χ4n) is 3.64. The van der Waals surface area contributed by atoms with E-state index in [1.165, 1.54) is 0 Å². The first-order valence-corrected chi connectivity index (χ1v) is 9.84. The highest BCUT2D eigenvalue weighted by Gasteiger charge is 2.18. The monoisotopic (exact) mass is 395 g/mol. The zero-order valence-electron chi connectivity index (χ0n) is 16.1. The highest BCUT2D eigenvalue weighted by molar-refractivity contribution is 6.31. The van der Waals surface area contributed by atoms with Crippen LogP contribution in [0, 0.1) is 6.92 Å². The maximum absolute atomic E-state index is 12.6. The van der Waals surface area contributed by atoms with Gasteiger partial charge < -0.3 is 20.0 Å². The van der Waals surface area contributed by atoms with Gasteiger partial charge in [0, 0.05) is 33.6 Å². The Kier molecular flexibility index (Phi) is 4.77. The van der Waals surface area contributed by atoms with E-state index >= 15 is 0 Å². The van der Waals surface area contributed by atoms with Gasteiger partial charge in [-0.15, -0.1) is 0 Å². The first-order valence-electron chi connectivity index (χ1n) is 9.47. The summed E-state index contributed by atoms with van der Waals surface area (Å²) >= 11 is 6.15. The first kappa shape index (κ1) is 18.4. The van der Waals surface area contributed by atoms with Crippen LogP contribution in [-0.2, 0) is 0 Å². The van der Waals surface area contributed by atoms with E-state index in [9.17, 15) is 4.79 Å². The number of fused-ring (bicyclic) bond motifs is 4. The summed E-state index contributed by atoms with van der Waals surface area (Å²) in [6.07, 6.45) is 0. The van der Waals surface area contributed by atoms with E-state index in [-0.39, 0.29) is 5.56 Å². The van der Waals surface area contributed by atoms with E-state index in [0.717, 1.165) is 51.0 Å². The molecule has 5 rings (SSSR count). The number of hydrogen-bond acceptors (Lipinski definition) is 3. The second kappa shape index (κ2) is 7.24. The Morgan fingerprint density at radius 3 is 2.68 bits per heavy atom. The van der Waals surface area contributed by atoms with Gasteiger partial charge in [-0.05, 0) is 42.8 Å². The Balaban J connectivity index is 0.000000932. The lowest BCUT2D eigenvalue weighted by Gasteiger charge is -2.20. The van der Waals surface area contributed by atoms with E-state index in [1.807, 2.05) is 57.2 Å². The van der Waals surface area contributed by atoms with Gasteiger partial charge in [0.25, 0.3) is 5.56 Å². The molecule has 5 nitrogen and oxygen atoms in total. The van der Waals surface area contributed by atoms with Gasteiger partial charge >= 0.3 is 0 Å². The van der Waals surface area contributed by atoms with Crippen molar-refractivity contribution >= 4 is 39.2 Å². The van der Waals surface area contributed by atoms with Crippen LogP contribution in [0.25, 0.3) is 33.1 Å². The third-order valence-corrected chi connectivity index (χ3v) is 5.15. The van der Waals surface area contributed by atoms with Gasteiger partial charge in [0.1, 0.15) is 12.4 Å². The van der Waals surface area contributed by atoms with Crippen molar-refractivity contribution in [3.63, 3.8) is 0 Å². The minimum absolute atomic E-state index is 0.106. The molecule has 3 N–H and O–H groups in total. The lowest BCUT2D eigenvalue weighted by Crippen LogP contribution is -2.18. The zero-order chi connectivity index (χ0) is 19.8. The van der Waals surface area contributed by atoms with Crippen LogP contribution in [0.1, 0.15) is 19.4 Å². The standard InChI is InChI=1S/C20H16ClN3O2.C2H6/c1-10-17(11-2-4-15-16(8-11)26-7-6-22-15)19-18(24-20(10)25)13-9-12(21)3-5-14(13)23-19;1-2/h2-5,8-9,22-23H,6-7H2,1H3,(H,24,25);1-2H3. The molecule has 1 aliphatic heterocycles. The summed E-state index contributed by atoms with van der Waals surface area (Å²) in [7, 11) is 0. The van der Waals surface area contributed by atoms with Crippen LogP contribution in [0.4, 0.5) is 5.69 Å². The van der Waals surface area contributed by atoms with Crippen molar-refractivity contribution in [2.75, 3.05) is 18.5 Å². The van der Waals surface area contributed by atoms with Gasteiger partial charge in [-0.25, -0.2) is 0 Å². The van der Waals surface area contributed by atoms with Crippen molar-refractivity contribution in [3.8, 4) is 16.9 Å². The second-order valence-electron chi connectivity index (χ2n) is 6.51. The van der Waals surface area contributed by atoms with E-state index in [2.05, 4.69) is 15.3 Å². The molecule has 4 aromatic rings. The van der Waals surface area contributed by atoms with Crippen LogP contribution in [0.5, 0.6) is 5.75 Å². The molecule has 0 saturated carbocycles. The Hall–Kier alpha value is -2.92. The number of rotatable bonds is 1. The molecule has 0 atom stereocenters. The Bertz CT molecular complexity index is 1240. The number of aromatic amines is 2. The maximum Gasteiger partial charge on any atom is 0.252 e. The lowest BCUT2D eigenvalue weighted by atomic mass is 9.99. The van der Waals surface area contributed by atoms with Crippen molar-refractivity contribution in [2.24, 2.45) is 0 Å². The van der Waals surface area contributed by atoms with E-state index < -0.39 is 0 Å². The number of anilines is 1. The molecule has 0 bridgehead atoms. The smallest absolute Gasteiger partial charge is 0.252 e. The lowest BCUT2D eigenvalue weighted by molar-refractivity contribution is 0.323. The van der Waals surface area contributed by atoms with Crippen LogP contribution < -0.4 is 15.6 Å². The van der Waals surface area contributed by atoms with Gasteiger partial charge in [-0.1, -0.05) is 31.5 Å². The van der Waals surface area contributed by atoms with E-state index in [1.54, 1.807) is 0 Å². The predicted molar refractivity (Wildman–Crippen MR) is 117 cm³/mol. The summed E-state index contributed by atoms with van der Waals surface area (Å²) in [6, 6.07) is 11.6. The third kappa shape index (κ3) is 2.92. The predicted octanol–water partition coefficient (Wildman–Crippen LogP) is 5.47. The molecule has 2 aromatic heterocycles. The number of benzene rings is 2. The molecule has 28 heavy (non-hydrogen) atoms. The normalized spacial score (nSPS) is 12.7. The van der Waals surface area contributed by atoms with Crippen LogP contribution in [0.2, 0.25) is 5.02 Å². The molecular weight excluding hydrogens is 374 g/mol. The molecule has 0 fully saturated rings. The van der Waals surface area contributed by atoms with Gasteiger partial charge in [-0.2, -0.15) is 0 Å². The summed E-state index contributed by atoms with van der Waals surface area (Å²) in [5, 5.41) is 4.86. The SMILES string of the molecule is CC.Cc1c(-c2ccc3c(c2)OCCN3)c2[nH]c3ccc(Cl)cc3c2[nH]c1=O. The van der Waals surface area contributed by atoms with Crippen LogP contribution >= 0.6 is 11.6 Å². The molecule has 0 radical (unpaired) electrons. The van der Waals surface area contributed by atoms with Crippen LogP contribution in [0.15, 0.2) is 41.2 Å². The largest absolute Gasteiger partial charge is 0.490 e. The number of hydrogen-bond donors (Lipinski definition) is 3. The van der Waals surface area contributed by atoms with Crippen molar-refractivity contribution < 1.29 is 4.74 Å². The van der Waals surface area contributed by atoms with Crippen molar-refractivity contribution in [1.29, 1.82) is 0 Å². The van der Waals surface area contributed by atoms with E-state index in [0.29, 0.717) is 17.2 Å². The number of pyridine rings is 1. The highest BCUT2D eigenvalue weighted by Crippen LogP contribution is 2.37. The molecule has 0 saturated heterocycles. The quantitative estimate of drug-likeness (QED) is 0.400. The molecule has 0 amide bonds. The summed E-state index contributed by atoms with van der Waals surface area (Å²) in [6.45, 7) is 7.26. The molecular formula is C22H22ClN3O2. The maximum atomic E-state index is 12.6. The van der Waals surface area contributed by atoms with Crippen molar-refractivity contribution in [1.82, 2.24) is 9.97 Å². The first-order chi connectivity index (χ1) is 13.6. The molecule has 1 aliphatic rings. The van der Waals surface area contributed by atoms with Gasteiger partial charge in [0.05, 0.1) is 16.7 Å². The summed E-state index contributed by atoms with van der Waals surface area (Å²) in [4.78, 5) is 19.0. The van der Waals surface area contributed by atoms with Gasteiger partial charge in [0.15, 0.2) is 0 Å². The molecule has 0 aliphatic carbocycles. The summed E-state index contributed by atoms with van der Waals surface area (Å²) in [5.74, 6) is 0.806. The molecule has 6 heteroatoms. The average molecular weight is 396 g/mol. The Morgan fingerprint density at radius 1 is 1.04 bits per heavy atom. The number of H-pyrrole nitrogens is 2. The summed E-state index contributed by atoms with van der Waals surface area (Å²) in [5.41, 5.74) is 5.95. The summed E-state index contributed by atoms with van der Waals surface area (Å²) < 4.78 is 5.77. The van der Waals surface area contributed by atoms with Crippen molar-refractivity contribution in [2.45, 2.75) is 20.8 Å². The molecule has 2 aromatic carbocycles. The Morgan fingerprint density at radius 2 is 1.86 bits per heavy atom. The zero-order valence-corrected chi connectivity index (χ0v) is 16.8. The number of aromatic nitrogens is 2. The molecule has 3 heterocycles. The fraction of sp³-hybridized carbons (Fsp3) is 0.227. The fourth-order valence-corrected chi connectivity index (χ4v) is 3.81. The molecule has 144 valence electrons. The molecule has 0 unspecified atom stereocenters.